The van der Waals surface area contributed by atoms with Gasteiger partial charge in [0.05, 0.1) is 12.1 Å². The summed E-state index contributed by atoms with van der Waals surface area (Å²) in [4.78, 5) is 21.1. The summed E-state index contributed by atoms with van der Waals surface area (Å²) in [5, 5.41) is 4.12. The number of hydrogen-bond acceptors (Lipinski definition) is 6. The molecule has 146 valence electrons. The van der Waals surface area contributed by atoms with Crippen molar-refractivity contribution in [2.24, 2.45) is 11.7 Å². The van der Waals surface area contributed by atoms with E-state index >= 15 is 0 Å². The van der Waals surface area contributed by atoms with E-state index in [1.54, 1.807) is 0 Å². The summed E-state index contributed by atoms with van der Waals surface area (Å²) in [6, 6.07) is 7.64. The Hall–Kier alpha value is -2.25. The Kier molecular flexibility index (Phi) is 5.92. The van der Waals surface area contributed by atoms with Crippen LogP contribution in [0.5, 0.6) is 0 Å². The molecule has 0 aliphatic carbocycles. The molecule has 0 bridgehead atoms. The van der Waals surface area contributed by atoms with Crippen LogP contribution >= 0.6 is 0 Å². The number of aromatic nitrogens is 2. The van der Waals surface area contributed by atoms with Crippen molar-refractivity contribution in [3.8, 4) is 11.4 Å². The Morgan fingerprint density at radius 3 is 2.33 bits per heavy atom. The van der Waals surface area contributed by atoms with Gasteiger partial charge in [0.2, 0.25) is 17.6 Å². The molecular formula is C20H29N5O2. The molecule has 2 N–H and O–H groups in total. The maximum Gasteiger partial charge on any atom is 0.244 e. The zero-order valence-electron chi connectivity index (χ0n) is 16.6. The van der Waals surface area contributed by atoms with Gasteiger partial charge in [-0.05, 0) is 19.8 Å². The second kappa shape index (κ2) is 8.19. The Balaban J connectivity index is 1.60. The van der Waals surface area contributed by atoms with Gasteiger partial charge >= 0.3 is 0 Å². The number of nitrogens with zero attached hydrogens (tertiary/aromatic N) is 4. The van der Waals surface area contributed by atoms with Crippen LogP contribution in [0.3, 0.4) is 0 Å². The van der Waals surface area contributed by atoms with Gasteiger partial charge < -0.3 is 15.2 Å². The van der Waals surface area contributed by atoms with E-state index in [-0.39, 0.29) is 17.9 Å². The second-order valence-electron chi connectivity index (χ2n) is 7.63. The Morgan fingerprint density at radius 1 is 1.11 bits per heavy atom. The summed E-state index contributed by atoms with van der Waals surface area (Å²) < 4.78 is 5.50. The lowest BCUT2D eigenvalue weighted by atomic mass is 10.0. The van der Waals surface area contributed by atoms with Crippen molar-refractivity contribution in [1.29, 1.82) is 0 Å². The Labute approximate surface area is 160 Å². The molecule has 7 nitrogen and oxygen atoms in total. The predicted molar refractivity (Wildman–Crippen MR) is 104 cm³/mol. The zero-order chi connectivity index (χ0) is 19.6. The highest BCUT2D eigenvalue weighted by Crippen LogP contribution is 2.24. The molecule has 2 atom stereocenters. The lowest BCUT2D eigenvalue weighted by Crippen LogP contribution is -2.54. The topological polar surface area (TPSA) is 88.5 Å². The van der Waals surface area contributed by atoms with Crippen molar-refractivity contribution < 1.29 is 9.32 Å². The molecule has 0 saturated carbocycles. The summed E-state index contributed by atoms with van der Waals surface area (Å²) in [5.41, 5.74) is 8.15. The van der Waals surface area contributed by atoms with Gasteiger partial charge in [-0.3, -0.25) is 9.69 Å². The van der Waals surface area contributed by atoms with Gasteiger partial charge in [0.15, 0.2) is 0 Å². The molecule has 0 spiro atoms. The molecule has 1 saturated heterocycles. The first-order valence-electron chi connectivity index (χ1n) is 9.56. The molecule has 3 rings (SSSR count). The van der Waals surface area contributed by atoms with Crippen molar-refractivity contribution >= 4 is 5.91 Å². The fourth-order valence-corrected chi connectivity index (χ4v) is 3.21. The summed E-state index contributed by atoms with van der Waals surface area (Å²) in [6.45, 7) is 10.9. The predicted octanol–water partition coefficient (Wildman–Crippen LogP) is 2.23. The lowest BCUT2D eigenvalue weighted by Gasteiger charge is -2.38. The number of hydrogen-bond donors (Lipinski definition) is 1. The van der Waals surface area contributed by atoms with E-state index in [1.165, 1.54) is 5.56 Å². The van der Waals surface area contributed by atoms with E-state index in [0.29, 0.717) is 24.8 Å². The number of benzene rings is 1. The average Bonchev–Trinajstić information content (AvgIpc) is 3.17. The van der Waals surface area contributed by atoms with Gasteiger partial charge in [-0.2, -0.15) is 4.98 Å². The largest absolute Gasteiger partial charge is 0.339 e. The normalized spacial score (nSPS) is 17.9. The first kappa shape index (κ1) is 19.5. The molecule has 2 heterocycles. The number of rotatable bonds is 5. The highest BCUT2D eigenvalue weighted by Gasteiger charge is 2.30. The van der Waals surface area contributed by atoms with Crippen molar-refractivity contribution in [2.45, 2.75) is 39.8 Å². The minimum atomic E-state index is -0.429. The molecule has 0 radical (unpaired) electrons. The molecule has 1 amide bonds. The third kappa shape index (κ3) is 4.36. The van der Waals surface area contributed by atoms with E-state index in [0.717, 1.165) is 18.7 Å². The fourth-order valence-electron chi connectivity index (χ4n) is 3.21. The molecular weight excluding hydrogens is 342 g/mol. The van der Waals surface area contributed by atoms with E-state index in [1.807, 2.05) is 49.9 Å². The minimum absolute atomic E-state index is 0.00715. The maximum absolute atomic E-state index is 12.4. The van der Waals surface area contributed by atoms with Crippen molar-refractivity contribution in [2.75, 3.05) is 26.2 Å². The molecule has 2 aromatic rings. The van der Waals surface area contributed by atoms with Gasteiger partial charge in [0, 0.05) is 31.7 Å². The molecule has 27 heavy (non-hydrogen) atoms. The van der Waals surface area contributed by atoms with Crippen LogP contribution in [0.15, 0.2) is 28.8 Å². The summed E-state index contributed by atoms with van der Waals surface area (Å²) in [5.74, 6) is 1.39. The second-order valence-corrected chi connectivity index (χ2v) is 7.63. The van der Waals surface area contributed by atoms with Crippen LogP contribution < -0.4 is 5.73 Å². The van der Waals surface area contributed by atoms with Crippen LogP contribution in [0.2, 0.25) is 0 Å². The number of carbonyl (C=O) groups is 1. The minimum Gasteiger partial charge on any atom is -0.339 e. The van der Waals surface area contributed by atoms with Gasteiger partial charge in [-0.15, -0.1) is 0 Å². The van der Waals surface area contributed by atoms with Crippen LogP contribution in [-0.4, -0.2) is 58.1 Å². The van der Waals surface area contributed by atoms with Crippen LogP contribution in [0.1, 0.15) is 38.3 Å². The third-order valence-electron chi connectivity index (χ3n) is 5.29. The smallest absolute Gasteiger partial charge is 0.244 e. The van der Waals surface area contributed by atoms with Gasteiger partial charge in [-0.1, -0.05) is 48.8 Å². The maximum atomic E-state index is 12.4. The molecule has 7 heteroatoms. The lowest BCUT2D eigenvalue weighted by molar-refractivity contribution is -0.135. The van der Waals surface area contributed by atoms with Crippen molar-refractivity contribution in [1.82, 2.24) is 19.9 Å². The third-order valence-corrected chi connectivity index (χ3v) is 5.29. The highest BCUT2D eigenvalue weighted by atomic mass is 16.5. The number of carbonyl (C=O) groups excluding carboxylic acids is 1. The van der Waals surface area contributed by atoms with Gasteiger partial charge in [0.1, 0.15) is 0 Å². The van der Waals surface area contributed by atoms with Gasteiger partial charge in [-0.25, -0.2) is 0 Å². The van der Waals surface area contributed by atoms with Crippen LogP contribution in [0.4, 0.5) is 0 Å². The monoisotopic (exact) mass is 371 g/mol. The zero-order valence-corrected chi connectivity index (χ0v) is 16.6. The van der Waals surface area contributed by atoms with Crippen LogP contribution in [-0.2, 0) is 4.79 Å². The van der Waals surface area contributed by atoms with E-state index in [9.17, 15) is 4.79 Å². The SMILES string of the molecule is Cc1ccc(-c2noc(C(C)N3CCN(C(=O)[C@@H](N)C(C)C)CC3)n2)cc1. The van der Waals surface area contributed by atoms with E-state index in [4.69, 9.17) is 10.3 Å². The quantitative estimate of drug-likeness (QED) is 0.867. The highest BCUT2D eigenvalue weighted by molar-refractivity contribution is 5.82. The van der Waals surface area contributed by atoms with Gasteiger partial charge in [0.25, 0.3) is 0 Å². The number of amides is 1. The van der Waals surface area contributed by atoms with E-state index in [2.05, 4.69) is 22.0 Å². The Morgan fingerprint density at radius 2 is 1.74 bits per heavy atom. The molecule has 1 aliphatic rings. The van der Waals surface area contributed by atoms with Crippen LogP contribution in [0, 0.1) is 12.8 Å². The fraction of sp³-hybridized carbons (Fsp3) is 0.550. The van der Waals surface area contributed by atoms with Crippen molar-refractivity contribution in [3.63, 3.8) is 0 Å². The summed E-state index contributed by atoms with van der Waals surface area (Å²) in [7, 11) is 0. The molecule has 1 fully saturated rings. The average molecular weight is 371 g/mol. The number of aryl methyl sites for hydroxylation is 1. The first-order chi connectivity index (χ1) is 12.9. The van der Waals surface area contributed by atoms with E-state index < -0.39 is 6.04 Å². The van der Waals surface area contributed by atoms with Crippen molar-refractivity contribution in [3.05, 3.63) is 35.7 Å². The summed E-state index contributed by atoms with van der Waals surface area (Å²) >= 11 is 0. The standard InChI is InChI=1S/C20H29N5O2/c1-13(2)17(21)20(26)25-11-9-24(10-12-25)15(4)19-22-18(23-27-19)16-7-5-14(3)6-8-16/h5-8,13,15,17H,9-12,21H2,1-4H3/t15?,17-/m0/s1. The summed E-state index contributed by atoms with van der Waals surface area (Å²) in [6.07, 6.45) is 0. The Bertz CT molecular complexity index is 763. The molecule has 1 aromatic heterocycles. The molecule has 1 unspecified atom stereocenters. The molecule has 1 aromatic carbocycles. The van der Waals surface area contributed by atoms with Crippen LogP contribution in [0.25, 0.3) is 11.4 Å². The molecule has 1 aliphatic heterocycles. The number of nitrogens with two attached hydrogens (primary N) is 1. The number of piperazine rings is 1. The first-order valence-corrected chi connectivity index (χ1v) is 9.56.